The molecule has 3 N–H and O–H groups in total. The summed E-state index contributed by atoms with van der Waals surface area (Å²) in [6, 6.07) is 2.84. The van der Waals surface area contributed by atoms with Gasteiger partial charge in [-0.15, -0.1) is 11.3 Å². The normalized spacial score (nSPS) is 21.9. The van der Waals surface area contributed by atoms with Crippen molar-refractivity contribution in [2.45, 2.75) is 90.1 Å². The van der Waals surface area contributed by atoms with E-state index in [0.717, 1.165) is 111 Å². The molecule has 6 heterocycles. The number of rotatable bonds is 7. The van der Waals surface area contributed by atoms with Crippen molar-refractivity contribution in [2.75, 3.05) is 44.4 Å². The Kier molecular flexibility index (Phi) is 9.40. The number of hydrogen-bond donors (Lipinski definition) is 2. The Hall–Kier alpha value is -3.53. The van der Waals surface area contributed by atoms with Crippen LogP contribution in [0.25, 0.3) is 22.6 Å². The minimum absolute atomic E-state index is 0.0377. The predicted molar refractivity (Wildman–Crippen MR) is 177 cm³/mol. The fraction of sp³-hybridized carbons (Fsp3) is 0.606. The number of hydrogen-bond acceptors (Lipinski definition) is 11. The molecule has 0 amide bonds. The molecule has 3 atom stereocenters. The Labute approximate surface area is 269 Å². The van der Waals surface area contributed by atoms with Gasteiger partial charge in [0.1, 0.15) is 22.6 Å². The predicted octanol–water partition coefficient (Wildman–Crippen LogP) is 5.36. The number of thiophene rings is 1. The number of piperidine rings is 1. The molecule has 240 valence electrons. The average Bonchev–Trinajstić information content (AvgIpc) is 3.84. The zero-order valence-electron chi connectivity index (χ0n) is 26.9. The molecule has 0 radical (unpaired) electrons. The van der Waals surface area contributed by atoms with Gasteiger partial charge in [0.2, 0.25) is 0 Å². The number of anilines is 2. The van der Waals surface area contributed by atoms with Crippen LogP contribution in [-0.4, -0.2) is 74.7 Å². The number of nitrogens with zero attached hydrogens (tertiary/aromatic N) is 8. The van der Waals surface area contributed by atoms with E-state index < -0.39 is 0 Å². The van der Waals surface area contributed by atoms with Crippen LogP contribution in [-0.2, 0) is 19.4 Å². The summed E-state index contributed by atoms with van der Waals surface area (Å²) < 4.78 is 8.25. The van der Waals surface area contributed by atoms with Gasteiger partial charge in [-0.1, -0.05) is 25.4 Å². The summed E-state index contributed by atoms with van der Waals surface area (Å²) >= 11 is 1.55. The van der Waals surface area contributed by atoms with Crippen LogP contribution in [0, 0.1) is 17.2 Å². The van der Waals surface area contributed by atoms with E-state index in [-0.39, 0.29) is 5.92 Å². The van der Waals surface area contributed by atoms with Gasteiger partial charge in [0, 0.05) is 42.6 Å². The van der Waals surface area contributed by atoms with E-state index in [1.807, 2.05) is 6.20 Å². The Bertz CT molecular complexity index is 1690. The number of aryl methyl sites for hydroxylation is 1. The smallest absolute Gasteiger partial charge is 0.186 e. The van der Waals surface area contributed by atoms with Crippen molar-refractivity contribution in [1.82, 2.24) is 29.8 Å². The summed E-state index contributed by atoms with van der Waals surface area (Å²) in [7, 11) is 3.20. The van der Waals surface area contributed by atoms with Crippen molar-refractivity contribution in [3.05, 3.63) is 33.5 Å². The van der Waals surface area contributed by atoms with E-state index in [1.165, 1.54) is 24.1 Å². The van der Waals surface area contributed by atoms with Crippen LogP contribution < -0.4 is 10.6 Å². The number of nitrogen functional groups attached to an aromatic ring is 1. The zero-order chi connectivity index (χ0) is 31.7. The first kappa shape index (κ1) is 31.5. The molecule has 2 saturated heterocycles. The van der Waals surface area contributed by atoms with Crippen LogP contribution in [0.1, 0.15) is 92.0 Å². The minimum Gasteiger partial charge on any atom is -0.400 e. The number of aliphatic hydroxyl groups is 1. The standard InChI is InChI=1S/C32H41N9OS.CH4O/c1-4-8-25-26(23(15-33)29(34)43-25)21-11-5-12-22-27(38-42-28(21)22)30-36-31(40-14-6-9-19(2)17-40)24-16-35-41(32(24)37-30)18-20-10-7-13-39(20)3;1-2/h16,19-21H,4-14,17-18,34H2,1-3H3;2H,1H3. The summed E-state index contributed by atoms with van der Waals surface area (Å²) in [5.74, 6) is 2.96. The average molecular weight is 632 g/mol. The molecule has 3 aliphatic rings. The second kappa shape index (κ2) is 13.4. The van der Waals surface area contributed by atoms with Crippen LogP contribution in [0.15, 0.2) is 10.7 Å². The lowest BCUT2D eigenvalue weighted by atomic mass is 9.81. The van der Waals surface area contributed by atoms with Crippen LogP contribution in [0.5, 0.6) is 0 Å². The summed E-state index contributed by atoms with van der Waals surface area (Å²) in [6.45, 7) is 8.35. The van der Waals surface area contributed by atoms with Crippen LogP contribution in [0.2, 0.25) is 0 Å². The van der Waals surface area contributed by atoms with Gasteiger partial charge in [-0.05, 0) is 76.4 Å². The highest BCUT2D eigenvalue weighted by Crippen LogP contribution is 2.46. The van der Waals surface area contributed by atoms with Crippen molar-refractivity contribution in [1.29, 1.82) is 5.26 Å². The molecule has 0 spiro atoms. The first-order valence-corrected chi connectivity index (χ1v) is 17.2. The maximum atomic E-state index is 10.0. The molecule has 4 aromatic heterocycles. The fourth-order valence-electron chi connectivity index (χ4n) is 7.52. The van der Waals surface area contributed by atoms with Crippen LogP contribution in [0.4, 0.5) is 10.8 Å². The van der Waals surface area contributed by atoms with Gasteiger partial charge in [-0.3, -0.25) is 0 Å². The lowest BCUT2D eigenvalue weighted by Gasteiger charge is -2.32. The zero-order valence-corrected chi connectivity index (χ0v) is 27.7. The summed E-state index contributed by atoms with van der Waals surface area (Å²) in [6.07, 6.45) is 11.3. The van der Waals surface area contributed by atoms with Crippen molar-refractivity contribution >= 4 is 33.2 Å². The highest BCUT2D eigenvalue weighted by molar-refractivity contribution is 7.16. The molecule has 0 aromatic carbocycles. The van der Waals surface area contributed by atoms with Gasteiger partial charge >= 0.3 is 0 Å². The Morgan fingerprint density at radius 1 is 1.16 bits per heavy atom. The van der Waals surface area contributed by atoms with Crippen LogP contribution >= 0.6 is 11.3 Å². The highest BCUT2D eigenvalue weighted by atomic mass is 32.1. The quantitative estimate of drug-likeness (QED) is 0.273. The van der Waals surface area contributed by atoms with Crippen LogP contribution in [0.3, 0.4) is 0 Å². The first-order chi connectivity index (χ1) is 22.0. The third kappa shape index (κ3) is 5.82. The minimum atomic E-state index is -0.0377. The number of likely N-dealkylation sites (N-methyl/N-ethyl adjacent to an activating group) is 1. The van der Waals surface area contributed by atoms with E-state index >= 15 is 0 Å². The molecule has 2 aliphatic heterocycles. The second-order valence-electron chi connectivity index (χ2n) is 12.8. The van der Waals surface area contributed by atoms with Gasteiger partial charge < -0.3 is 25.2 Å². The molecular formula is C33H45N9O2S. The largest absolute Gasteiger partial charge is 0.400 e. The molecule has 0 saturated carbocycles. The van der Waals surface area contributed by atoms with Gasteiger partial charge in [0.15, 0.2) is 17.2 Å². The molecule has 4 aromatic rings. The molecule has 1 aliphatic carbocycles. The van der Waals surface area contributed by atoms with Crippen molar-refractivity contribution in [2.24, 2.45) is 5.92 Å². The number of nitriles is 1. The molecule has 3 unspecified atom stereocenters. The Balaban J connectivity index is 0.00000175. The maximum Gasteiger partial charge on any atom is 0.186 e. The lowest BCUT2D eigenvalue weighted by molar-refractivity contribution is 0.276. The number of aromatic nitrogens is 5. The maximum absolute atomic E-state index is 10.0. The fourth-order valence-corrected chi connectivity index (χ4v) is 8.71. The third-order valence-electron chi connectivity index (χ3n) is 9.74. The summed E-state index contributed by atoms with van der Waals surface area (Å²) in [5.41, 5.74) is 10.6. The summed E-state index contributed by atoms with van der Waals surface area (Å²) in [5, 5.41) is 28.1. The second-order valence-corrected chi connectivity index (χ2v) is 13.9. The SMILES string of the molecule is CCCc1sc(N)c(C#N)c1C1CCCc2c(-c3nc(N4CCCC(C)C4)c4cnn(CC5CCCN5C)c4n3)noc21.CO. The topological polar surface area (TPSA) is 146 Å². The molecule has 11 nitrogen and oxygen atoms in total. The van der Waals surface area contributed by atoms with E-state index in [1.54, 1.807) is 11.3 Å². The number of nitrogens with two attached hydrogens (primary N) is 1. The molecule has 45 heavy (non-hydrogen) atoms. The van der Waals surface area contributed by atoms with Crippen molar-refractivity contribution < 1.29 is 9.63 Å². The first-order valence-electron chi connectivity index (χ1n) is 16.4. The monoisotopic (exact) mass is 631 g/mol. The van der Waals surface area contributed by atoms with Gasteiger partial charge in [-0.25, -0.2) is 14.6 Å². The molecule has 7 rings (SSSR count). The van der Waals surface area contributed by atoms with E-state index in [9.17, 15) is 5.26 Å². The number of fused-ring (bicyclic) bond motifs is 2. The van der Waals surface area contributed by atoms with Gasteiger partial charge in [-0.2, -0.15) is 10.4 Å². The Morgan fingerprint density at radius 2 is 1.98 bits per heavy atom. The summed E-state index contributed by atoms with van der Waals surface area (Å²) in [4.78, 5) is 16.4. The number of aliphatic hydroxyl groups excluding tert-OH is 1. The van der Waals surface area contributed by atoms with E-state index in [4.69, 9.17) is 30.4 Å². The third-order valence-corrected chi connectivity index (χ3v) is 10.8. The molecule has 12 heteroatoms. The molecule has 0 bridgehead atoms. The lowest BCUT2D eigenvalue weighted by Crippen LogP contribution is -2.35. The number of likely N-dealkylation sites (tertiary alicyclic amines) is 1. The van der Waals surface area contributed by atoms with E-state index in [0.29, 0.717) is 28.3 Å². The van der Waals surface area contributed by atoms with Crippen molar-refractivity contribution in [3.63, 3.8) is 0 Å². The van der Waals surface area contributed by atoms with Gasteiger partial charge in [0.25, 0.3) is 0 Å². The van der Waals surface area contributed by atoms with E-state index in [2.05, 4.69) is 46.6 Å². The van der Waals surface area contributed by atoms with Crippen molar-refractivity contribution in [3.8, 4) is 17.6 Å². The molecular weight excluding hydrogens is 586 g/mol. The molecule has 2 fully saturated rings. The Morgan fingerprint density at radius 3 is 2.71 bits per heavy atom. The highest BCUT2D eigenvalue weighted by Gasteiger charge is 2.35. The van der Waals surface area contributed by atoms with Gasteiger partial charge in [0.05, 0.1) is 23.7 Å².